The van der Waals surface area contributed by atoms with Gasteiger partial charge < -0.3 is 14.6 Å². The summed E-state index contributed by atoms with van der Waals surface area (Å²) in [6.07, 6.45) is -3.07. The molecular formula is C16H15F3N2O3. The van der Waals surface area contributed by atoms with E-state index >= 15 is 0 Å². The average Bonchev–Trinajstić information content (AvgIpc) is 3.05. The Balaban J connectivity index is 1.99. The number of amides is 2. The minimum absolute atomic E-state index is 0.118. The van der Waals surface area contributed by atoms with Gasteiger partial charge in [0.2, 0.25) is 5.91 Å². The van der Waals surface area contributed by atoms with Crippen molar-refractivity contribution in [3.05, 3.63) is 54.0 Å². The van der Waals surface area contributed by atoms with Gasteiger partial charge in [-0.2, -0.15) is 13.2 Å². The molecule has 2 rings (SSSR count). The van der Waals surface area contributed by atoms with Crippen molar-refractivity contribution < 1.29 is 27.2 Å². The van der Waals surface area contributed by atoms with Crippen LogP contribution in [0, 0.1) is 0 Å². The summed E-state index contributed by atoms with van der Waals surface area (Å²) in [5.41, 5.74) is -0.469. The molecule has 0 aliphatic carbocycles. The Hall–Kier alpha value is -2.77. The first kappa shape index (κ1) is 17.6. The Morgan fingerprint density at radius 3 is 2.33 bits per heavy atom. The zero-order chi connectivity index (χ0) is 17.7. The number of rotatable bonds is 5. The number of anilines is 1. The average molecular weight is 340 g/mol. The van der Waals surface area contributed by atoms with Crippen LogP contribution in [0.1, 0.15) is 23.0 Å². The SMILES string of the molecule is CC(=O)N(CCNC(=O)c1ccco1)c1ccc(C(F)(F)F)cc1. The summed E-state index contributed by atoms with van der Waals surface area (Å²) in [4.78, 5) is 24.7. The lowest BCUT2D eigenvalue weighted by Crippen LogP contribution is -2.37. The van der Waals surface area contributed by atoms with Crippen LogP contribution in [-0.2, 0) is 11.0 Å². The van der Waals surface area contributed by atoms with Gasteiger partial charge in [-0.15, -0.1) is 0 Å². The smallest absolute Gasteiger partial charge is 0.416 e. The molecule has 0 aliphatic heterocycles. The van der Waals surface area contributed by atoms with Crippen LogP contribution in [0.4, 0.5) is 18.9 Å². The van der Waals surface area contributed by atoms with E-state index in [2.05, 4.69) is 5.32 Å². The topological polar surface area (TPSA) is 62.6 Å². The van der Waals surface area contributed by atoms with Crippen molar-refractivity contribution in [2.45, 2.75) is 13.1 Å². The van der Waals surface area contributed by atoms with Gasteiger partial charge in [0.1, 0.15) is 0 Å². The van der Waals surface area contributed by atoms with Crippen LogP contribution in [0.5, 0.6) is 0 Å². The van der Waals surface area contributed by atoms with Crippen LogP contribution in [0.15, 0.2) is 47.1 Å². The van der Waals surface area contributed by atoms with Crippen LogP contribution in [0.3, 0.4) is 0 Å². The molecule has 0 fully saturated rings. The molecule has 1 heterocycles. The molecule has 1 N–H and O–H groups in total. The van der Waals surface area contributed by atoms with E-state index < -0.39 is 17.6 Å². The van der Waals surface area contributed by atoms with E-state index in [0.29, 0.717) is 5.69 Å². The maximum absolute atomic E-state index is 12.6. The lowest BCUT2D eigenvalue weighted by molar-refractivity contribution is -0.137. The number of alkyl halides is 3. The summed E-state index contributed by atoms with van der Waals surface area (Å²) in [5, 5.41) is 2.57. The second-order valence-electron chi connectivity index (χ2n) is 4.95. The summed E-state index contributed by atoms with van der Waals surface area (Å²) < 4.78 is 42.6. The third-order valence-corrected chi connectivity index (χ3v) is 3.25. The molecule has 0 saturated heterocycles. The lowest BCUT2D eigenvalue weighted by Gasteiger charge is -2.21. The quantitative estimate of drug-likeness (QED) is 0.910. The number of hydrogen-bond donors (Lipinski definition) is 1. The van der Waals surface area contributed by atoms with Crippen LogP contribution in [0.2, 0.25) is 0 Å². The highest BCUT2D eigenvalue weighted by molar-refractivity contribution is 5.92. The van der Waals surface area contributed by atoms with Gasteiger partial charge in [0.25, 0.3) is 5.91 Å². The monoisotopic (exact) mass is 340 g/mol. The first-order valence-electron chi connectivity index (χ1n) is 7.06. The maximum Gasteiger partial charge on any atom is 0.416 e. The van der Waals surface area contributed by atoms with Crippen LogP contribution < -0.4 is 10.2 Å². The lowest BCUT2D eigenvalue weighted by atomic mass is 10.2. The molecule has 0 radical (unpaired) electrons. The highest BCUT2D eigenvalue weighted by Gasteiger charge is 2.30. The van der Waals surface area contributed by atoms with Gasteiger partial charge in [-0.05, 0) is 36.4 Å². The summed E-state index contributed by atoms with van der Waals surface area (Å²) in [5.74, 6) is -0.642. The number of nitrogens with one attached hydrogen (secondary N) is 1. The van der Waals surface area contributed by atoms with E-state index in [1.807, 2.05) is 0 Å². The van der Waals surface area contributed by atoms with Gasteiger partial charge in [-0.1, -0.05) is 0 Å². The van der Waals surface area contributed by atoms with Crippen molar-refractivity contribution in [3.63, 3.8) is 0 Å². The number of benzene rings is 1. The molecule has 5 nitrogen and oxygen atoms in total. The van der Waals surface area contributed by atoms with E-state index in [0.717, 1.165) is 12.1 Å². The van der Waals surface area contributed by atoms with E-state index in [1.54, 1.807) is 6.07 Å². The fraction of sp³-hybridized carbons (Fsp3) is 0.250. The summed E-state index contributed by atoms with van der Waals surface area (Å²) in [6, 6.07) is 7.32. The normalized spacial score (nSPS) is 11.2. The van der Waals surface area contributed by atoms with Crippen molar-refractivity contribution in [2.75, 3.05) is 18.0 Å². The number of carbonyl (C=O) groups is 2. The number of nitrogens with zero attached hydrogens (tertiary/aromatic N) is 1. The highest BCUT2D eigenvalue weighted by Crippen LogP contribution is 2.30. The summed E-state index contributed by atoms with van der Waals surface area (Å²) in [6.45, 7) is 1.54. The molecule has 0 spiro atoms. The van der Waals surface area contributed by atoms with E-state index in [1.165, 1.54) is 36.3 Å². The van der Waals surface area contributed by atoms with Crippen LogP contribution in [0.25, 0.3) is 0 Å². The van der Waals surface area contributed by atoms with Gasteiger partial charge >= 0.3 is 6.18 Å². The van der Waals surface area contributed by atoms with E-state index in [4.69, 9.17) is 4.42 Å². The standard InChI is InChI=1S/C16H15F3N2O3/c1-11(22)21(9-8-20-15(23)14-3-2-10-24-14)13-6-4-12(5-7-13)16(17,18)19/h2-7,10H,8-9H2,1H3,(H,20,23). The number of furan rings is 1. The highest BCUT2D eigenvalue weighted by atomic mass is 19.4. The second kappa shape index (κ2) is 7.20. The molecule has 8 heteroatoms. The van der Waals surface area contributed by atoms with Crippen molar-refractivity contribution in [2.24, 2.45) is 0 Å². The molecule has 0 unspecified atom stereocenters. The molecule has 24 heavy (non-hydrogen) atoms. The molecule has 0 bridgehead atoms. The van der Waals surface area contributed by atoms with Crippen molar-refractivity contribution in [3.8, 4) is 0 Å². The Morgan fingerprint density at radius 1 is 1.17 bits per heavy atom. The molecule has 2 aromatic rings. The van der Waals surface area contributed by atoms with E-state index in [-0.39, 0.29) is 24.8 Å². The Kier molecular flexibility index (Phi) is 5.28. The predicted octanol–water partition coefficient (Wildman–Crippen LogP) is 3.08. The van der Waals surface area contributed by atoms with Crippen LogP contribution >= 0.6 is 0 Å². The minimum atomic E-state index is -4.43. The Labute approximate surface area is 136 Å². The first-order chi connectivity index (χ1) is 11.3. The molecule has 128 valence electrons. The largest absolute Gasteiger partial charge is 0.459 e. The third kappa shape index (κ3) is 4.37. The van der Waals surface area contributed by atoms with Gasteiger partial charge in [0.15, 0.2) is 5.76 Å². The van der Waals surface area contributed by atoms with Crippen molar-refractivity contribution in [1.29, 1.82) is 0 Å². The fourth-order valence-corrected chi connectivity index (χ4v) is 2.07. The Bertz CT molecular complexity index is 694. The van der Waals surface area contributed by atoms with Gasteiger partial charge in [0.05, 0.1) is 11.8 Å². The molecule has 2 amide bonds. The van der Waals surface area contributed by atoms with Gasteiger partial charge in [-0.3, -0.25) is 9.59 Å². The molecule has 0 aliphatic rings. The molecule has 0 atom stereocenters. The third-order valence-electron chi connectivity index (χ3n) is 3.25. The number of halogens is 3. The second-order valence-corrected chi connectivity index (χ2v) is 4.95. The van der Waals surface area contributed by atoms with Crippen molar-refractivity contribution in [1.82, 2.24) is 5.32 Å². The molecule has 0 saturated carbocycles. The van der Waals surface area contributed by atoms with Gasteiger partial charge in [0, 0.05) is 25.7 Å². The van der Waals surface area contributed by atoms with E-state index in [9.17, 15) is 22.8 Å². The van der Waals surface area contributed by atoms with Gasteiger partial charge in [-0.25, -0.2) is 0 Å². The number of carbonyl (C=O) groups excluding carboxylic acids is 2. The minimum Gasteiger partial charge on any atom is -0.459 e. The molecule has 1 aromatic carbocycles. The zero-order valence-corrected chi connectivity index (χ0v) is 12.8. The first-order valence-corrected chi connectivity index (χ1v) is 7.06. The molecule has 1 aromatic heterocycles. The van der Waals surface area contributed by atoms with Crippen molar-refractivity contribution >= 4 is 17.5 Å². The fourth-order valence-electron chi connectivity index (χ4n) is 2.07. The zero-order valence-electron chi connectivity index (χ0n) is 12.8. The molecular weight excluding hydrogens is 325 g/mol. The summed E-state index contributed by atoms with van der Waals surface area (Å²) in [7, 11) is 0. The Morgan fingerprint density at radius 2 is 1.83 bits per heavy atom. The number of hydrogen-bond acceptors (Lipinski definition) is 3. The van der Waals surface area contributed by atoms with Crippen LogP contribution in [-0.4, -0.2) is 24.9 Å². The predicted molar refractivity (Wildman–Crippen MR) is 80.5 cm³/mol. The maximum atomic E-state index is 12.6. The summed E-state index contributed by atoms with van der Waals surface area (Å²) >= 11 is 0.